The lowest BCUT2D eigenvalue weighted by Gasteiger charge is -2.19. The van der Waals surface area contributed by atoms with E-state index in [9.17, 15) is 9.59 Å². The first-order valence-electron chi connectivity index (χ1n) is 12.3. The number of carbonyl (C=O) groups excluding carboxylic acids is 2. The Morgan fingerprint density at radius 1 is 1.03 bits per heavy atom. The second-order valence-electron chi connectivity index (χ2n) is 8.09. The van der Waals surface area contributed by atoms with E-state index < -0.39 is 5.97 Å². The van der Waals surface area contributed by atoms with E-state index in [1.54, 1.807) is 18.0 Å². The van der Waals surface area contributed by atoms with Gasteiger partial charge in [0, 0.05) is 24.8 Å². The van der Waals surface area contributed by atoms with Crippen molar-refractivity contribution >= 4 is 23.8 Å². The fraction of sp³-hybridized carbons (Fsp3) is 0.429. The molecule has 0 heterocycles. The minimum atomic E-state index is -0.530. The van der Waals surface area contributed by atoms with Crippen LogP contribution >= 0.6 is 0 Å². The molecule has 1 N–H and O–H groups in total. The second kappa shape index (κ2) is 14.7. The molecular formula is C28H38N2O5. The van der Waals surface area contributed by atoms with Gasteiger partial charge in [-0.15, -0.1) is 0 Å². The summed E-state index contributed by atoms with van der Waals surface area (Å²) >= 11 is 0. The summed E-state index contributed by atoms with van der Waals surface area (Å²) in [6, 6.07) is 13.4. The number of benzene rings is 2. The van der Waals surface area contributed by atoms with Crippen LogP contribution in [0, 0.1) is 0 Å². The van der Waals surface area contributed by atoms with Crippen molar-refractivity contribution in [2.75, 3.05) is 38.8 Å². The van der Waals surface area contributed by atoms with Crippen molar-refractivity contribution in [3.63, 3.8) is 0 Å². The Labute approximate surface area is 209 Å². The number of methoxy groups -OCH3 is 1. The molecule has 0 bridgehead atoms. The Morgan fingerprint density at radius 2 is 1.80 bits per heavy atom. The van der Waals surface area contributed by atoms with Gasteiger partial charge in [0.1, 0.15) is 5.75 Å². The van der Waals surface area contributed by atoms with Crippen molar-refractivity contribution in [1.82, 2.24) is 5.32 Å². The highest BCUT2D eigenvalue weighted by Gasteiger charge is 2.15. The normalized spacial score (nSPS) is 11.1. The monoisotopic (exact) mass is 482 g/mol. The number of rotatable bonds is 13. The van der Waals surface area contributed by atoms with E-state index in [0.29, 0.717) is 25.5 Å². The van der Waals surface area contributed by atoms with Gasteiger partial charge in [-0.2, -0.15) is 0 Å². The summed E-state index contributed by atoms with van der Waals surface area (Å²) in [6.07, 6.45) is 5.55. The summed E-state index contributed by atoms with van der Waals surface area (Å²) in [5.41, 5.74) is 3.37. The van der Waals surface area contributed by atoms with Crippen molar-refractivity contribution in [1.29, 1.82) is 0 Å². The van der Waals surface area contributed by atoms with Crippen LogP contribution < -0.4 is 15.0 Å². The first kappa shape index (κ1) is 27.8. The van der Waals surface area contributed by atoms with Gasteiger partial charge in [-0.1, -0.05) is 51.0 Å². The lowest BCUT2D eigenvalue weighted by Crippen LogP contribution is -2.37. The molecule has 0 saturated heterocycles. The number of hydrogen-bond donors (Lipinski definition) is 1. The maximum Gasteiger partial charge on any atom is 0.373 e. The molecule has 7 nitrogen and oxygen atoms in total. The summed E-state index contributed by atoms with van der Waals surface area (Å²) in [7, 11) is 3.08. The van der Waals surface area contributed by atoms with Crippen LogP contribution in [0.25, 0.3) is 17.2 Å². The highest BCUT2D eigenvalue weighted by Crippen LogP contribution is 2.34. The van der Waals surface area contributed by atoms with Crippen molar-refractivity contribution < 1.29 is 23.8 Å². The van der Waals surface area contributed by atoms with Crippen LogP contribution in [0.15, 0.2) is 48.2 Å². The zero-order chi connectivity index (χ0) is 25.6. The molecule has 0 unspecified atom stereocenters. The Hall–Kier alpha value is -3.48. The molecule has 35 heavy (non-hydrogen) atoms. The molecule has 2 amide bonds. The van der Waals surface area contributed by atoms with Crippen molar-refractivity contribution in [3.8, 4) is 16.9 Å². The minimum absolute atomic E-state index is 0.137. The molecule has 2 aromatic carbocycles. The molecule has 0 aliphatic heterocycles. The number of ether oxygens (including phenoxy) is 3. The number of urea groups is 1. The van der Waals surface area contributed by atoms with Crippen LogP contribution in [0.2, 0.25) is 0 Å². The third-order valence-electron chi connectivity index (χ3n) is 5.40. The van der Waals surface area contributed by atoms with Crippen LogP contribution in [0.4, 0.5) is 10.5 Å². The molecule has 0 saturated carbocycles. The summed E-state index contributed by atoms with van der Waals surface area (Å²) in [5.74, 6) is 0.303. The van der Waals surface area contributed by atoms with Gasteiger partial charge < -0.3 is 19.5 Å². The molecule has 0 aromatic heterocycles. The lowest BCUT2D eigenvalue weighted by molar-refractivity contribution is -0.139. The summed E-state index contributed by atoms with van der Waals surface area (Å²) < 4.78 is 16.4. The third-order valence-corrected chi connectivity index (χ3v) is 5.40. The van der Waals surface area contributed by atoms with Gasteiger partial charge in [-0.25, -0.2) is 9.59 Å². The first-order valence-corrected chi connectivity index (χ1v) is 12.3. The summed E-state index contributed by atoms with van der Waals surface area (Å²) in [6.45, 7) is 7.59. The highest BCUT2D eigenvalue weighted by molar-refractivity contribution is 5.93. The molecule has 0 aliphatic rings. The lowest BCUT2D eigenvalue weighted by atomic mass is 10.0. The number of carbonyl (C=O) groups is 2. The number of hydrogen-bond acceptors (Lipinski definition) is 5. The number of amides is 2. The molecule has 2 rings (SSSR count). The molecule has 0 radical (unpaired) electrons. The van der Waals surface area contributed by atoms with Crippen LogP contribution in [-0.4, -0.2) is 45.9 Å². The third kappa shape index (κ3) is 8.35. The van der Waals surface area contributed by atoms with Crippen molar-refractivity contribution in [2.24, 2.45) is 0 Å². The van der Waals surface area contributed by atoms with Crippen molar-refractivity contribution in [2.45, 2.75) is 46.5 Å². The van der Waals surface area contributed by atoms with E-state index >= 15 is 0 Å². The van der Waals surface area contributed by atoms with Crippen LogP contribution in [-0.2, 0) is 14.3 Å². The Balaban J connectivity index is 2.40. The zero-order valence-corrected chi connectivity index (χ0v) is 21.6. The van der Waals surface area contributed by atoms with Gasteiger partial charge in [0.2, 0.25) is 5.76 Å². The molecule has 2 aromatic rings. The maximum absolute atomic E-state index is 12.5. The van der Waals surface area contributed by atoms with Crippen LogP contribution in [0.3, 0.4) is 0 Å². The second-order valence-corrected chi connectivity index (χ2v) is 8.09. The Bertz CT molecular complexity index is 1000. The smallest absolute Gasteiger partial charge is 0.373 e. The largest absolute Gasteiger partial charge is 0.493 e. The average molecular weight is 483 g/mol. The number of nitrogens with zero attached hydrogens (tertiary/aromatic N) is 1. The predicted octanol–water partition coefficient (Wildman–Crippen LogP) is 6.03. The van der Waals surface area contributed by atoms with Gasteiger partial charge in [0.25, 0.3) is 0 Å². The topological polar surface area (TPSA) is 77.1 Å². The van der Waals surface area contributed by atoms with E-state index in [-0.39, 0.29) is 11.8 Å². The van der Waals surface area contributed by atoms with E-state index in [1.807, 2.05) is 49.4 Å². The number of anilines is 1. The Kier molecular flexibility index (Phi) is 11.7. The molecule has 190 valence electrons. The molecule has 7 heteroatoms. The van der Waals surface area contributed by atoms with Gasteiger partial charge >= 0.3 is 12.0 Å². The number of esters is 1. The van der Waals surface area contributed by atoms with Gasteiger partial charge in [0.15, 0.2) is 0 Å². The highest BCUT2D eigenvalue weighted by atomic mass is 16.6. The quantitative estimate of drug-likeness (QED) is 0.163. The number of nitrogens with one attached hydrogen (secondary N) is 1. The van der Waals surface area contributed by atoms with Crippen LogP contribution in [0.5, 0.6) is 5.75 Å². The van der Waals surface area contributed by atoms with E-state index in [0.717, 1.165) is 48.1 Å². The SMILES string of the molecule is CCCCNC(=O)N(C)c1cccc(-c2ccc(C=C(OCC)C(=O)OC)cc2OCCCC)c1. The molecule has 0 fully saturated rings. The van der Waals surface area contributed by atoms with Gasteiger partial charge in [-0.3, -0.25) is 4.90 Å². The first-order chi connectivity index (χ1) is 16.9. The fourth-order valence-electron chi connectivity index (χ4n) is 3.37. The van der Waals surface area contributed by atoms with E-state index in [4.69, 9.17) is 14.2 Å². The maximum atomic E-state index is 12.5. The summed E-state index contributed by atoms with van der Waals surface area (Å²) in [4.78, 5) is 26.2. The van der Waals surface area contributed by atoms with E-state index in [1.165, 1.54) is 7.11 Å². The van der Waals surface area contributed by atoms with Gasteiger partial charge in [-0.05, 0) is 55.2 Å². The van der Waals surface area contributed by atoms with E-state index in [2.05, 4.69) is 19.2 Å². The molecule has 0 spiro atoms. The predicted molar refractivity (Wildman–Crippen MR) is 141 cm³/mol. The summed E-state index contributed by atoms with van der Waals surface area (Å²) in [5, 5.41) is 2.94. The van der Waals surface area contributed by atoms with Crippen LogP contribution in [0.1, 0.15) is 52.0 Å². The molecule has 0 aliphatic carbocycles. The fourth-order valence-corrected chi connectivity index (χ4v) is 3.37. The number of unbranched alkanes of at least 4 members (excludes halogenated alkanes) is 2. The standard InChI is InChI=1S/C28H38N2O5/c1-6-9-16-29-28(32)30(4)23-13-11-12-22(20-23)24-15-14-21(18-25(24)35-17-10-7-2)19-26(34-8-3)27(31)33-5/h11-15,18-20H,6-10,16-17H2,1-5H3,(H,29,32). The zero-order valence-electron chi connectivity index (χ0n) is 21.6. The molecule has 0 atom stereocenters. The average Bonchev–Trinajstić information content (AvgIpc) is 2.88. The van der Waals surface area contributed by atoms with Crippen molar-refractivity contribution in [3.05, 3.63) is 53.8 Å². The van der Waals surface area contributed by atoms with Gasteiger partial charge in [0.05, 0.1) is 20.3 Å². The Morgan fingerprint density at radius 3 is 2.49 bits per heavy atom. The molecular weight excluding hydrogens is 444 g/mol. The minimum Gasteiger partial charge on any atom is -0.493 e.